The maximum atomic E-state index is 10.9. The molecule has 3 nitrogen and oxygen atoms in total. The van der Waals surface area contributed by atoms with Gasteiger partial charge in [-0.3, -0.25) is 4.79 Å². The van der Waals surface area contributed by atoms with Crippen LogP contribution in [-0.2, 0) is 4.79 Å². The quantitative estimate of drug-likeness (QED) is 0.563. The molecule has 0 spiro atoms. The first-order valence-corrected chi connectivity index (χ1v) is 3.86. The first kappa shape index (κ1) is 7.16. The lowest BCUT2D eigenvalue weighted by molar-refractivity contribution is -0.119. The maximum Gasteiger partial charge on any atom is 0.228 e. The third-order valence-corrected chi connectivity index (χ3v) is 1.93. The Morgan fingerprint density at radius 1 is 1.33 bits per heavy atom. The first-order chi connectivity index (χ1) is 5.75. The van der Waals surface area contributed by atoms with Crippen LogP contribution in [0.1, 0.15) is 12.8 Å². The normalized spacial score (nSPS) is 21.7. The Bertz CT molecular complexity index is 323. The summed E-state index contributed by atoms with van der Waals surface area (Å²) in [4.78, 5) is 10.9. The van der Waals surface area contributed by atoms with Gasteiger partial charge in [0.1, 0.15) is 0 Å². The van der Waals surface area contributed by atoms with Gasteiger partial charge in [0.2, 0.25) is 5.91 Å². The maximum absolute atomic E-state index is 10.9. The van der Waals surface area contributed by atoms with E-state index in [4.69, 9.17) is 0 Å². The summed E-state index contributed by atoms with van der Waals surface area (Å²) in [7, 11) is 0. The summed E-state index contributed by atoms with van der Waals surface area (Å²) in [6, 6.07) is 0. The van der Waals surface area contributed by atoms with E-state index in [9.17, 15) is 9.90 Å². The van der Waals surface area contributed by atoms with Crippen LogP contribution in [0.4, 0.5) is 0 Å². The Labute approximate surface area is 70.1 Å². The smallest absolute Gasteiger partial charge is 0.228 e. The fourth-order valence-electron chi connectivity index (χ4n) is 1.34. The number of carbonyl (C=O) groups excluding carboxylic acids is 1. The van der Waals surface area contributed by atoms with Crippen molar-refractivity contribution in [1.29, 1.82) is 0 Å². The van der Waals surface area contributed by atoms with E-state index in [1.807, 2.05) is 12.2 Å². The van der Waals surface area contributed by atoms with Gasteiger partial charge in [0.05, 0.1) is 5.76 Å². The lowest BCUT2D eigenvalue weighted by Crippen LogP contribution is -2.27. The average molecular weight is 163 g/mol. The van der Waals surface area contributed by atoms with Gasteiger partial charge in [0.15, 0.2) is 0 Å². The molecule has 62 valence electrons. The second-order valence-corrected chi connectivity index (χ2v) is 2.87. The summed E-state index contributed by atoms with van der Waals surface area (Å²) in [5, 5.41) is 11.9. The Kier molecular flexibility index (Phi) is 1.50. The third kappa shape index (κ3) is 1.13. The summed E-state index contributed by atoms with van der Waals surface area (Å²) in [6.45, 7) is 0. The van der Waals surface area contributed by atoms with Crippen LogP contribution in [0.25, 0.3) is 0 Å². The second-order valence-electron chi connectivity index (χ2n) is 2.87. The van der Waals surface area contributed by atoms with E-state index < -0.39 is 0 Å². The highest BCUT2D eigenvalue weighted by atomic mass is 16.3. The van der Waals surface area contributed by atoms with Crippen LogP contribution in [0, 0.1) is 0 Å². The number of fused-ring (bicyclic) bond motifs is 1. The van der Waals surface area contributed by atoms with Crippen molar-refractivity contribution >= 4 is 5.91 Å². The second kappa shape index (κ2) is 2.52. The third-order valence-electron chi connectivity index (χ3n) is 1.93. The van der Waals surface area contributed by atoms with Gasteiger partial charge in [-0.15, -0.1) is 0 Å². The van der Waals surface area contributed by atoms with Crippen LogP contribution in [0.2, 0.25) is 0 Å². The van der Waals surface area contributed by atoms with Crippen molar-refractivity contribution in [2.45, 2.75) is 12.8 Å². The minimum atomic E-state index is 0.0137. The van der Waals surface area contributed by atoms with E-state index in [0.717, 1.165) is 11.3 Å². The van der Waals surface area contributed by atoms with Crippen LogP contribution in [-0.4, -0.2) is 11.0 Å². The van der Waals surface area contributed by atoms with Gasteiger partial charge >= 0.3 is 0 Å². The van der Waals surface area contributed by atoms with Crippen molar-refractivity contribution in [2.24, 2.45) is 0 Å². The molecule has 1 heterocycles. The van der Waals surface area contributed by atoms with Crippen LogP contribution < -0.4 is 5.32 Å². The van der Waals surface area contributed by atoms with E-state index in [1.165, 1.54) is 0 Å². The molecule has 0 aromatic heterocycles. The Morgan fingerprint density at radius 2 is 2.17 bits per heavy atom. The molecule has 2 rings (SSSR count). The van der Waals surface area contributed by atoms with E-state index in [-0.39, 0.29) is 5.91 Å². The lowest BCUT2D eigenvalue weighted by atomic mass is 10.0. The van der Waals surface area contributed by atoms with E-state index in [0.29, 0.717) is 18.6 Å². The van der Waals surface area contributed by atoms with Crippen LogP contribution in [0.15, 0.2) is 35.3 Å². The number of aliphatic hydroxyl groups excluding tert-OH is 1. The van der Waals surface area contributed by atoms with Crippen molar-refractivity contribution in [3.8, 4) is 0 Å². The first-order valence-electron chi connectivity index (χ1n) is 3.86. The van der Waals surface area contributed by atoms with E-state index in [2.05, 4.69) is 5.32 Å². The molecule has 1 aliphatic heterocycles. The molecule has 2 N–H and O–H groups in total. The summed E-state index contributed by atoms with van der Waals surface area (Å²) < 4.78 is 0. The molecular weight excluding hydrogens is 154 g/mol. The topological polar surface area (TPSA) is 49.3 Å². The van der Waals surface area contributed by atoms with Crippen LogP contribution in [0.5, 0.6) is 0 Å². The molecule has 2 aliphatic rings. The summed E-state index contributed by atoms with van der Waals surface area (Å²) in [6.07, 6.45) is 6.23. The molecule has 0 saturated carbocycles. The predicted octanol–water partition coefficient (Wildman–Crippen LogP) is 1.16. The molecule has 0 aromatic carbocycles. The number of amides is 1. The van der Waals surface area contributed by atoms with E-state index >= 15 is 0 Å². The zero-order chi connectivity index (χ0) is 8.55. The zero-order valence-corrected chi connectivity index (χ0v) is 6.50. The Hall–Kier alpha value is -1.51. The lowest BCUT2D eigenvalue weighted by Gasteiger charge is -2.18. The van der Waals surface area contributed by atoms with Crippen LogP contribution >= 0.6 is 0 Å². The molecule has 0 bridgehead atoms. The minimum Gasteiger partial charge on any atom is -0.512 e. The molecule has 12 heavy (non-hydrogen) atoms. The molecule has 0 radical (unpaired) electrons. The highest BCUT2D eigenvalue weighted by Crippen LogP contribution is 2.22. The van der Waals surface area contributed by atoms with Crippen molar-refractivity contribution < 1.29 is 9.90 Å². The molecule has 0 fully saturated rings. The number of rotatable bonds is 0. The number of hydrogen-bond acceptors (Lipinski definition) is 2. The molecule has 3 heteroatoms. The highest BCUT2D eigenvalue weighted by Gasteiger charge is 2.16. The van der Waals surface area contributed by atoms with Gasteiger partial charge in [-0.05, 0) is 11.6 Å². The van der Waals surface area contributed by atoms with Gasteiger partial charge in [0.25, 0.3) is 0 Å². The largest absolute Gasteiger partial charge is 0.512 e. The standard InChI is InChI=1S/C9H9NO2/c11-7-2-3-8-6(5-7)1-4-9(12)10-8/h1,3,5,11H,2,4H2,(H,10,12). The summed E-state index contributed by atoms with van der Waals surface area (Å²) >= 11 is 0. The monoisotopic (exact) mass is 163 g/mol. The van der Waals surface area contributed by atoms with Crippen molar-refractivity contribution in [1.82, 2.24) is 5.32 Å². The van der Waals surface area contributed by atoms with Gasteiger partial charge in [-0.2, -0.15) is 0 Å². The van der Waals surface area contributed by atoms with Crippen molar-refractivity contribution in [2.75, 3.05) is 0 Å². The molecule has 0 aromatic rings. The number of nitrogens with one attached hydrogen (secondary N) is 1. The minimum absolute atomic E-state index is 0.0137. The van der Waals surface area contributed by atoms with E-state index in [1.54, 1.807) is 6.08 Å². The number of allylic oxidation sites excluding steroid dienone is 2. The fourth-order valence-corrected chi connectivity index (χ4v) is 1.34. The molecular formula is C9H9NO2. The highest BCUT2D eigenvalue weighted by molar-refractivity contribution is 5.83. The molecule has 0 atom stereocenters. The molecule has 0 unspecified atom stereocenters. The molecule has 1 amide bonds. The zero-order valence-electron chi connectivity index (χ0n) is 6.50. The Balaban J connectivity index is 2.34. The van der Waals surface area contributed by atoms with Crippen molar-refractivity contribution in [3.05, 3.63) is 35.3 Å². The summed E-state index contributed by atoms with van der Waals surface area (Å²) in [5.41, 5.74) is 1.74. The number of hydrogen-bond donors (Lipinski definition) is 2. The summed E-state index contributed by atoms with van der Waals surface area (Å²) in [5.74, 6) is 0.362. The SMILES string of the molecule is O=C1CC=C2C=C(O)CC=C2N1. The van der Waals surface area contributed by atoms with Gasteiger partial charge in [-0.1, -0.05) is 12.2 Å². The molecule has 1 aliphatic carbocycles. The Morgan fingerprint density at radius 3 is 3.00 bits per heavy atom. The number of carbonyl (C=O) groups is 1. The van der Waals surface area contributed by atoms with Crippen LogP contribution in [0.3, 0.4) is 0 Å². The molecule has 0 saturated heterocycles. The number of aliphatic hydroxyl groups is 1. The van der Waals surface area contributed by atoms with Gasteiger partial charge in [-0.25, -0.2) is 0 Å². The predicted molar refractivity (Wildman–Crippen MR) is 44.3 cm³/mol. The van der Waals surface area contributed by atoms with Gasteiger partial charge in [0, 0.05) is 18.5 Å². The average Bonchev–Trinajstić information content (AvgIpc) is 2.05. The van der Waals surface area contributed by atoms with Crippen molar-refractivity contribution in [3.63, 3.8) is 0 Å². The van der Waals surface area contributed by atoms with Gasteiger partial charge < -0.3 is 10.4 Å². The fraction of sp³-hybridized carbons (Fsp3) is 0.222.